The van der Waals surface area contributed by atoms with Crippen molar-refractivity contribution >= 4 is 33.0 Å². The van der Waals surface area contributed by atoms with Crippen LogP contribution >= 0.6 is 11.6 Å². The molecule has 5 nitrogen and oxygen atoms in total. The normalized spacial score (nSPS) is 11.3. The molecule has 1 aromatic heterocycles. The highest BCUT2D eigenvalue weighted by Crippen LogP contribution is 2.21. The molecule has 0 aliphatic carbocycles. The summed E-state index contributed by atoms with van der Waals surface area (Å²) in [6.45, 7) is 0. The fourth-order valence-corrected chi connectivity index (χ4v) is 2.74. The van der Waals surface area contributed by atoms with E-state index in [1.807, 2.05) is 0 Å². The molecule has 3 N–H and O–H groups in total. The average Bonchev–Trinajstić information content (AvgIpc) is 2.31. The van der Waals surface area contributed by atoms with Gasteiger partial charge in [-0.15, -0.1) is 0 Å². The van der Waals surface area contributed by atoms with Crippen molar-refractivity contribution in [3.63, 3.8) is 0 Å². The molecular formula is C11H9ClFN3O2S. The third kappa shape index (κ3) is 3.12. The number of pyridine rings is 1. The minimum absolute atomic E-state index is 0.119. The lowest BCUT2D eigenvalue weighted by molar-refractivity contribution is 0.570. The van der Waals surface area contributed by atoms with Crippen molar-refractivity contribution in [2.24, 2.45) is 0 Å². The number of nitrogen functional groups attached to an aromatic ring is 1. The molecule has 0 spiro atoms. The molecule has 2 aromatic rings. The van der Waals surface area contributed by atoms with E-state index in [0.29, 0.717) is 0 Å². The zero-order valence-electron chi connectivity index (χ0n) is 9.47. The lowest BCUT2D eigenvalue weighted by Gasteiger charge is -2.09. The Morgan fingerprint density at radius 1 is 1.26 bits per heavy atom. The second-order valence-electron chi connectivity index (χ2n) is 3.66. The highest BCUT2D eigenvalue weighted by atomic mass is 35.5. The molecular weight excluding hydrogens is 293 g/mol. The van der Waals surface area contributed by atoms with Gasteiger partial charge in [-0.1, -0.05) is 11.6 Å². The Labute approximate surface area is 114 Å². The average molecular weight is 302 g/mol. The number of aromatic nitrogens is 1. The van der Waals surface area contributed by atoms with Crippen molar-refractivity contribution in [2.75, 3.05) is 10.5 Å². The van der Waals surface area contributed by atoms with E-state index in [1.165, 1.54) is 24.4 Å². The molecule has 8 heteroatoms. The first-order chi connectivity index (χ1) is 8.88. The SMILES string of the molecule is Nc1ccc(F)c(S(=O)(=O)Nc2ccnc(Cl)c2)c1. The largest absolute Gasteiger partial charge is 0.399 e. The Bertz CT molecular complexity index is 722. The molecule has 0 atom stereocenters. The van der Waals surface area contributed by atoms with Crippen LogP contribution in [-0.2, 0) is 10.0 Å². The number of hydrogen-bond donors (Lipinski definition) is 2. The fourth-order valence-electron chi connectivity index (χ4n) is 1.40. The highest BCUT2D eigenvalue weighted by molar-refractivity contribution is 7.92. The molecule has 0 saturated carbocycles. The number of anilines is 2. The zero-order valence-corrected chi connectivity index (χ0v) is 11.0. The van der Waals surface area contributed by atoms with Gasteiger partial charge in [-0.05, 0) is 30.3 Å². The lowest BCUT2D eigenvalue weighted by atomic mass is 10.3. The molecule has 0 unspecified atom stereocenters. The van der Waals surface area contributed by atoms with Gasteiger partial charge >= 0.3 is 0 Å². The first-order valence-electron chi connectivity index (χ1n) is 5.08. The molecule has 1 aromatic carbocycles. The van der Waals surface area contributed by atoms with Gasteiger partial charge in [0.05, 0.1) is 5.69 Å². The van der Waals surface area contributed by atoms with Gasteiger partial charge in [0.1, 0.15) is 15.9 Å². The summed E-state index contributed by atoms with van der Waals surface area (Å²) < 4.78 is 39.8. The lowest BCUT2D eigenvalue weighted by Crippen LogP contribution is -2.15. The van der Waals surface area contributed by atoms with E-state index >= 15 is 0 Å². The van der Waals surface area contributed by atoms with Crippen LogP contribution in [0.3, 0.4) is 0 Å². The van der Waals surface area contributed by atoms with Crippen molar-refractivity contribution in [3.05, 3.63) is 47.5 Å². The summed E-state index contributed by atoms with van der Waals surface area (Å²) in [5, 5.41) is 0.119. The first kappa shape index (κ1) is 13.6. The van der Waals surface area contributed by atoms with E-state index in [9.17, 15) is 12.8 Å². The topological polar surface area (TPSA) is 85.1 Å². The van der Waals surface area contributed by atoms with Crippen LogP contribution in [0.5, 0.6) is 0 Å². The molecule has 19 heavy (non-hydrogen) atoms. The minimum Gasteiger partial charge on any atom is -0.399 e. The van der Waals surface area contributed by atoms with Crippen LogP contribution in [0.2, 0.25) is 5.15 Å². The maximum atomic E-state index is 13.5. The van der Waals surface area contributed by atoms with Crippen LogP contribution < -0.4 is 10.5 Å². The summed E-state index contributed by atoms with van der Waals surface area (Å²) in [5.41, 5.74) is 5.78. The van der Waals surface area contributed by atoms with Gasteiger partial charge in [-0.3, -0.25) is 4.72 Å². The number of nitrogens with one attached hydrogen (secondary N) is 1. The van der Waals surface area contributed by atoms with Gasteiger partial charge in [0.2, 0.25) is 0 Å². The number of nitrogens with two attached hydrogens (primary N) is 1. The molecule has 0 aliphatic rings. The smallest absolute Gasteiger partial charge is 0.264 e. The second kappa shape index (κ2) is 5.02. The van der Waals surface area contributed by atoms with Crippen LogP contribution in [0.4, 0.5) is 15.8 Å². The summed E-state index contributed by atoms with van der Waals surface area (Å²) in [4.78, 5) is 3.18. The zero-order chi connectivity index (χ0) is 14.0. The van der Waals surface area contributed by atoms with Crippen molar-refractivity contribution < 1.29 is 12.8 Å². The molecule has 100 valence electrons. The van der Waals surface area contributed by atoms with E-state index in [-0.39, 0.29) is 16.5 Å². The van der Waals surface area contributed by atoms with E-state index < -0.39 is 20.7 Å². The van der Waals surface area contributed by atoms with Gasteiger partial charge in [-0.25, -0.2) is 17.8 Å². The summed E-state index contributed by atoms with van der Waals surface area (Å²) in [6.07, 6.45) is 1.33. The van der Waals surface area contributed by atoms with Gasteiger partial charge in [0.15, 0.2) is 0 Å². The molecule has 0 fully saturated rings. The molecule has 0 amide bonds. The van der Waals surface area contributed by atoms with E-state index in [1.54, 1.807) is 0 Å². The van der Waals surface area contributed by atoms with E-state index in [0.717, 1.165) is 12.1 Å². The van der Waals surface area contributed by atoms with Crippen LogP contribution in [-0.4, -0.2) is 13.4 Å². The Morgan fingerprint density at radius 3 is 2.68 bits per heavy atom. The standard InChI is InChI=1S/C11H9ClFN3O2S/c12-11-6-8(3-4-15-11)16-19(17,18)10-5-7(14)1-2-9(10)13/h1-6H,14H2,(H,15,16). The molecule has 0 aliphatic heterocycles. The van der Waals surface area contributed by atoms with Crippen molar-refractivity contribution in [3.8, 4) is 0 Å². The third-order valence-corrected chi connectivity index (χ3v) is 3.83. The first-order valence-corrected chi connectivity index (χ1v) is 6.94. The predicted octanol–water partition coefficient (Wildman–Crippen LogP) is 2.26. The van der Waals surface area contributed by atoms with Gasteiger partial charge < -0.3 is 5.73 Å². The van der Waals surface area contributed by atoms with Crippen LogP contribution in [0.25, 0.3) is 0 Å². The van der Waals surface area contributed by atoms with E-state index in [4.69, 9.17) is 17.3 Å². The van der Waals surface area contributed by atoms with Crippen molar-refractivity contribution in [1.82, 2.24) is 4.98 Å². The number of hydrogen-bond acceptors (Lipinski definition) is 4. The van der Waals surface area contributed by atoms with Crippen LogP contribution in [0.15, 0.2) is 41.4 Å². The highest BCUT2D eigenvalue weighted by Gasteiger charge is 2.19. The number of rotatable bonds is 3. The monoisotopic (exact) mass is 301 g/mol. The summed E-state index contributed by atoms with van der Waals surface area (Å²) >= 11 is 5.64. The van der Waals surface area contributed by atoms with Gasteiger partial charge in [-0.2, -0.15) is 0 Å². The second-order valence-corrected chi connectivity index (χ2v) is 5.70. The predicted molar refractivity (Wildman–Crippen MR) is 70.9 cm³/mol. The third-order valence-electron chi connectivity index (χ3n) is 2.22. The quantitative estimate of drug-likeness (QED) is 0.672. The Balaban J connectivity index is 2.40. The fraction of sp³-hybridized carbons (Fsp3) is 0. The van der Waals surface area contributed by atoms with Crippen molar-refractivity contribution in [1.29, 1.82) is 0 Å². The van der Waals surface area contributed by atoms with Crippen LogP contribution in [0.1, 0.15) is 0 Å². The minimum atomic E-state index is -4.07. The number of nitrogens with zero attached hydrogens (tertiary/aromatic N) is 1. The van der Waals surface area contributed by atoms with Crippen LogP contribution in [0, 0.1) is 5.82 Å². The number of sulfonamides is 1. The van der Waals surface area contributed by atoms with Crippen molar-refractivity contribution in [2.45, 2.75) is 4.90 Å². The summed E-state index contributed by atoms with van der Waals surface area (Å²) in [7, 11) is -4.07. The van der Waals surface area contributed by atoms with E-state index in [2.05, 4.69) is 9.71 Å². The molecule has 0 saturated heterocycles. The Kier molecular flexibility index (Phi) is 3.59. The maximum absolute atomic E-state index is 13.5. The Hall–Kier alpha value is -1.86. The maximum Gasteiger partial charge on any atom is 0.264 e. The number of halogens is 2. The summed E-state index contributed by atoms with van der Waals surface area (Å²) in [5.74, 6) is -0.887. The molecule has 0 radical (unpaired) electrons. The molecule has 1 heterocycles. The number of benzene rings is 1. The Morgan fingerprint density at radius 2 is 2.00 bits per heavy atom. The molecule has 2 rings (SSSR count). The molecule has 0 bridgehead atoms. The summed E-state index contributed by atoms with van der Waals surface area (Å²) in [6, 6.07) is 6.01. The van der Waals surface area contributed by atoms with Gasteiger partial charge in [0, 0.05) is 11.9 Å². The van der Waals surface area contributed by atoms with Gasteiger partial charge in [0.25, 0.3) is 10.0 Å².